The van der Waals surface area contributed by atoms with E-state index < -0.39 is 0 Å². The van der Waals surface area contributed by atoms with Gasteiger partial charge in [-0.1, -0.05) is 0 Å². The molecule has 0 amide bonds. The van der Waals surface area contributed by atoms with E-state index in [2.05, 4.69) is 37.9 Å². The number of piperidine rings is 1. The van der Waals surface area contributed by atoms with Crippen LogP contribution in [0.2, 0.25) is 0 Å². The highest BCUT2D eigenvalue weighted by atomic mass is 15.3. The normalized spacial score (nSPS) is 16.2. The number of hydrogen-bond donors (Lipinski definition) is 0. The molecule has 0 atom stereocenters. The van der Waals surface area contributed by atoms with Crippen molar-refractivity contribution in [3.63, 3.8) is 0 Å². The van der Waals surface area contributed by atoms with Crippen molar-refractivity contribution in [2.75, 3.05) is 18.0 Å². The Morgan fingerprint density at radius 3 is 2.65 bits per heavy atom. The fraction of sp³-hybridized carbons (Fsp3) is 0.412. The van der Waals surface area contributed by atoms with Crippen molar-refractivity contribution >= 4 is 16.7 Å². The van der Waals surface area contributed by atoms with E-state index in [-0.39, 0.29) is 0 Å². The molecule has 4 rings (SSSR count). The molecule has 6 nitrogen and oxygen atoms in total. The molecular formula is C17H20N6. The Morgan fingerprint density at radius 2 is 1.91 bits per heavy atom. The summed E-state index contributed by atoms with van der Waals surface area (Å²) in [5.41, 5.74) is 4.42. The number of aromatic nitrogens is 5. The molecule has 0 saturated carbocycles. The summed E-state index contributed by atoms with van der Waals surface area (Å²) in [7, 11) is 1.95. The summed E-state index contributed by atoms with van der Waals surface area (Å²) < 4.78 is 1.86. The van der Waals surface area contributed by atoms with Crippen LogP contribution < -0.4 is 4.90 Å². The van der Waals surface area contributed by atoms with Crippen molar-refractivity contribution in [1.29, 1.82) is 0 Å². The smallest absolute Gasteiger partial charge is 0.159 e. The van der Waals surface area contributed by atoms with Crippen LogP contribution in [0.15, 0.2) is 30.9 Å². The van der Waals surface area contributed by atoms with E-state index in [4.69, 9.17) is 0 Å². The minimum atomic E-state index is 0.529. The summed E-state index contributed by atoms with van der Waals surface area (Å²) >= 11 is 0. The van der Waals surface area contributed by atoms with Gasteiger partial charge in [0, 0.05) is 44.1 Å². The highest BCUT2D eigenvalue weighted by Gasteiger charge is 2.24. The molecule has 1 fully saturated rings. The van der Waals surface area contributed by atoms with E-state index in [1.165, 1.54) is 11.1 Å². The van der Waals surface area contributed by atoms with Crippen molar-refractivity contribution in [2.45, 2.75) is 25.7 Å². The number of fused-ring (bicyclic) bond motifs is 1. The SMILES string of the molecule is Cc1nn(C)c2nccc(N3CCC(c4ccncn4)CC3)c12. The monoisotopic (exact) mass is 308 g/mol. The number of pyridine rings is 1. The van der Waals surface area contributed by atoms with Crippen LogP contribution in [-0.4, -0.2) is 37.8 Å². The number of anilines is 1. The van der Waals surface area contributed by atoms with Crippen LogP contribution in [0.3, 0.4) is 0 Å². The molecule has 0 unspecified atom stereocenters. The Bertz CT molecular complexity index is 818. The topological polar surface area (TPSA) is 59.7 Å². The molecule has 0 aliphatic carbocycles. The Kier molecular flexibility index (Phi) is 3.44. The van der Waals surface area contributed by atoms with E-state index >= 15 is 0 Å². The van der Waals surface area contributed by atoms with E-state index in [0.717, 1.165) is 43.0 Å². The third-order valence-corrected chi connectivity index (χ3v) is 4.74. The Morgan fingerprint density at radius 1 is 1.09 bits per heavy atom. The van der Waals surface area contributed by atoms with E-state index in [1.807, 2.05) is 30.2 Å². The quantitative estimate of drug-likeness (QED) is 0.728. The van der Waals surface area contributed by atoms with Crippen molar-refractivity contribution in [2.24, 2.45) is 7.05 Å². The first kappa shape index (κ1) is 14.1. The lowest BCUT2D eigenvalue weighted by Crippen LogP contribution is -2.33. The Hall–Kier alpha value is -2.50. The first-order valence-electron chi connectivity index (χ1n) is 8.03. The molecule has 23 heavy (non-hydrogen) atoms. The molecule has 3 aromatic heterocycles. The first-order chi connectivity index (χ1) is 11.2. The highest BCUT2D eigenvalue weighted by molar-refractivity contribution is 5.91. The van der Waals surface area contributed by atoms with Gasteiger partial charge in [-0.2, -0.15) is 5.10 Å². The van der Waals surface area contributed by atoms with Gasteiger partial charge in [-0.05, 0) is 31.9 Å². The fourth-order valence-electron chi connectivity index (χ4n) is 3.58. The molecule has 0 aromatic carbocycles. The minimum Gasteiger partial charge on any atom is -0.371 e. The van der Waals surface area contributed by atoms with Gasteiger partial charge in [-0.3, -0.25) is 4.68 Å². The first-order valence-corrected chi connectivity index (χ1v) is 8.03. The van der Waals surface area contributed by atoms with Crippen molar-refractivity contribution in [3.8, 4) is 0 Å². The minimum absolute atomic E-state index is 0.529. The van der Waals surface area contributed by atoms with Gasteiger partial charge < -0.3 is 4.90 Å². The third-order valence-electron chi connectivity index (χ3n) is 4.74. The lowest BCUT2D eigenvalue weighted by Gasteiger charge is -2.33. The summed E-state index contributed by atoms with van der Waals surface area (Å²) in [5.74, 6) is 0.529. The molecule has 1 saturated heterocycles. The van der Waals surface area contributed by atoms with Gasteiger partial charge in [0.2, 0.25) is 0 Å². The average Bonchev–Trinajstić information content (AvgIpc) is 2.90. The van der Waals surface area contributed by atoms with Gasteiger partial charge in [0.05, 0.1) is 16.8 Å². The Labute approximate surface area is 135 Å². The molecule has 4 heterocycles. The van der Waals surface area contributed by atoms with Crippen LogP contribution in [-0.2, 0) is 7.05 Å². The summed E-state index contributed by atoms with van der Waals surface area (Å²) in [6, 6.07) is 4.15. The second-order valence-corrected chi connectivity index (χ2v) is 6.13. The third kappa shape index (κ3) is 2.44. The number of nitrogens with zero attached hydrogens (tertiary/aromatic N) is 6. The number of aryl methyl sites for hydroxylation is 2. The lowest BCUT2D eigenvalue weighted by molar-refractivity contribution is 0.496. The number of hydrogen-bond acceptors (Lipinski definition) is 5. The zero-order valence-electron chi connectivity index (χ0n) is 13.5. The standard InChI is InChI=1S/C17H20N6/c1-12-16-15(4-8-19-17(16)22(2)21-12)23-9-5-13(6-10-23)14-3-7-18-11-20-14/h3-4,7-8,11,13H,5-6,9-10H2,1-2H3. The Balaban J connectivity index is 1.60. The van der Waals surface area contributed by atoms with Crippen LogP contribution in [0, 0.1) is 6.92 Å². The lowest BCUT2D eigenvalue weighted by atomic mass is 9.93. The predicted octanol–water partition coefficient (Wildman–Crippen LogP) is 2.45. The molecule has 0 spiro atoms. The molecule has 3 aromatic rings. The van der Waals surface area contributed by atoms with Crippen LogP contribution in [0.5, 0.6) is 0 Å². The maximum Gasteiger partial charge on any atom is 0.159 e. The predicted molar refractivity (Wildman–Crippen MR) is 89.5 cm³/mol. The van der Waals surface area contributed by atoms with Gasteiger partial charge in [0.1, 0.15) is 6.33 Å². The van der Waals surface area contributed by atoms with E-state index in [0.29, 0.717) is 5.92 Å². The van der Waals surface area contributed by atoms with Crippen molar-refractivity contribution in [1.82, 2.24) is 24.7 Å². The van der Waals surface area contributed by atoms with Crippen LogP contribution in [0.4, 0.5) is 5.69 Å². The van der Waals surface area contributed by atoms with Gasteiger partial charge in [-0.25, -0.2) is 15.0 Å². The summed E-state index contributed by atoms with van der Waals surface area (Å²) in [6.45, 7) is 4.12. The van der Waals surface area contributed by atoms with Gasteiger partial charge in [0.25, 0.3) is 0 Å². The second-order valence-electron chi connectivity index (χ2n) is 6.13. The fourth-order valence-corrected chi connectivity index (χ4v) is 3.58. The van der Waals surface area contributed by atoms with Crippen molar-refractivity contribution in [3.05, 3.63) is 42.2 Å². The molecule has 0 radical (unpaired) electrons. The zero-order valence-corrected chi connectivity index (χ0v) is 13.5. The molecule has 118 valence electrons. The molecule has 6 heteroatoms. The summed E-state index contributed by atoms with van der Waals surface area (Å²) in [5, 5.41) is 5.70. The molecule has 0 bridgehead atoms. The van der Waals surface area contributed by atoms with Gasteiger partial charge >= 0.3 is 0 Å². The zero-order chi connectivity index (χ0) is 15.8. The van der Waals surface area contributed by atoms with Gasteiger partial charge in [-0.15, -0.1) is 0 Å². The van der Waals surface area contributed by atoms with Crippen molar-refractivity contribution < 1.29 is 0 Å². The van der Waals surface area contributed by atoms with E-state index in [1.54, 1.807) is 6.33 Å². The molecular weight excluding hydrogens is 288 g/mol. The summed E-state index contributed by atoms with van der Waals surface area (Å²) in [4.78, 5) is 15.4. The summed E-state index contributed by atoms with van der Waals surface area (Å²) in [6.07, 6.45) is 7.59. The highest BCUT2D eigenvalue weighted by Crippen LogP contribution is 2.33. The molecule has 0 N–H and O–H groups in total. The molecule has 1 aliphatic rings. The van der Waals surface area contributed by atoms with Crippen LogP contribution in [0.1, 0.15) is 30.1 Å². The maximum atomic E-state index is 4.52. The second kappa shape index (κ2) is 5.61. The maximum absolute atomic E-state index is 4.52. The number of rotatable bonds is 2. The molecule has 1 aliphatic heterocycles. The average molecular weight is 308 g/mol. The van der Waals surface area contributed by atoms with Crippen LogP contribution >= 0.6 is 0 Å². The van der Waals surface area contributed by atoms with Crippen LogP contribution in [0.25, 0.3) is 11.0 Å². The largest absolute Gasteiger partial charge is 0.371 e. The van der Waals surface area contributed by atoms with E-state index in [9.17, 15) is 0 Å². The van der Waals surface area contributed by atoms with Gasteiger partial charge in [0.15, 0.2) is 5.65 Å².